The monoisotopic (exact) mass is 426 g/mol. The molecule has 0 aromatic heterocycles. The van der Waals surface area contributed by atoms with Crippen molar-refractivity contribution in [1.29, 1.82) is 0 Å². The van der Waals surface area contributed by atoms with Crippen molar-refractivity contribution in [2.75, 3.05) is 31.1 Å². The van der Waals surface area contributed by atoms with Gasteiger partial charge < -0.3 is 14.5 Å². The van der Waals surface area contributed by atoms with E-state index >= 15 is 0 Å². The normalized spacial score (nSPS) is 15.9. The zero-order valence-corrected chi connectivity index (χ0v) is 16.9. The molecule has 1 atom stereocenters. The number of aryl methyl sites for hydroxylation is 1. The van der Waals surface area contributed by atoms with E-state index in [1.54, 1.807) is 36.1 Å². The molecule has 1 amide bonds. The molecule has 1 aliphatic heterocycles. The molecule has 1 heterocycles. The van der Waals surface area contributed by atoms with Crippen LogP contribution in [-0.2, 0) is 11.0 Å². The van der Waals surface area contributed by atoms with Crippen LogP contribution >= 0.6 is 11.6 Å². The molecule has 0 radical (unpaired) electrons. The lowest BCUT2D eigenvalue weighted by Gasteiger charge is -2.37. The number of amides is 1. The van der Waals surface area contributed by atoms with Crippen LogP contribution in [0.3, 0.4) is 0 Å². The minimum absolute atomic E-state index is 0.150. The van der Waals surface area contributed by atoms with Crippen molar-refractivity contribution >= 4 is 23.2 Å². The number of ether oxygens (including phenoxy) is 1. The molecule has 0 N–H and O–H groups in total. The number of rotatable bonds is 4. The third-order valence-corrected chi connectivity index (χ3v) is 5.15. The number of nitrogens with zero attached hydrogens (tertiary/aromatic N) is 2. The fourth-order valence-electron chi connectivity index (χ4n) is 3.31. The predicted octanol–water partition coefficient (Wildman–Crippen LogP) is 4.78. The summed E-state index contributed by atoms with van der Waals surface area (Å²) in [6.07, 6.45) is -5.05. The van der Waals surface area contributed by atoms with Gasteiger partial charge in [0.2, 0.25) is 0 Å². The van der Waals surface area contributed by atoms with Crippen molar-refractivity contribution in [1.82, 2.24) is 4.90 Å². The highest BCUT2D eigenvalue weighted by Gasteiger charge is 2.31. The molecule has 0 saturated carbocycles. The van der Waals surface area contributed by atoms with Gasteiger partial charge in [-0.15, -0.1) is 0 Å². The Hall–Kier alpha value is -2.41. The molecule has 2 aromatic carbocycles. The van der Waals surface area contributed by atoms with Crippen LogP contribution in [0.1, 0.15) is 18.1 Å². The molecule has 0 spiro atoms. The van der Waals surface area contributed by atoms with Crippen LogP contribution < -0.4 is 9.64 Å². The van der Waals surface area contributed by atoms with Crippen molar-refractivity contribution in [3.63, 3.8) is 0 Å². The van der Waals surface area contributed by atoms with E-state index in [9.17, 15) is 18.0 Å². The summed E-state index contributed by atoms with van der Waals surface area (Å²) in [6.45, 7) is 5.30. The van der Waals surface area contributed by atoms with E-state index in [1.807, 2.05) is 11.8 Å². The summed E-state index contributed by atoms with van der Waals surface area (Å²) in [5, 5.41) is 0.597. The second-order valence-electron chi connectivity index (χ2n) is 7.03. The van der Waals surface area contributed by atoms with Crippen LogP contribution in [0.5, 0.6) is 5.75 Å². The van der Waals surface area contributed by atoms with E-state index in [0.717, 1.165) is 17.7 Å². The Morgan fingerprint density at radius 1 is 1.10 bits per heavy atom. The van der Waals surface area contributed by atoms with E-state index in [2.05, 4.69) is 0 Å². The highest BCUT2D eigenvalue weighted by atomic mass is 35.5. The van der Waals surface area contributed by atoms with Crippen molar-refractivity contribution in [3.05, 3.63) is 58.6 Å². The number of hydrogen-bond donors (Lipinski definition) is 0. The van der Waals surface area contributed by atoms with Gasteiger partial charge in [0.15, 0.2) is 6.10 Å². The Kier molecular flexibility index (Phi) is 6.27. The van der Waals surface area contributed by atoms with E-state index in [4.69, 9.17) is 16.3 Å². The van der Waals surface area contributed by atoms with Crippen LogP contribution in [0.2, 0.25) is 5.02 Å². The molecule has 0 unspecified atom stereocenters. The molecule has 29 heavy (non-hydrogen) atoms. The van der Waals surface area contributed by atoms with Gasteiger partial charge in [-0.05, 0) is 55.8 Å². The molecule has 3 rings (SSSR count). The quantitative estimate of drug-likeness (QED) is 0.705. The molecular weight excluding hydrogens is 405 g/mol. The van der Waals surface area contributed by atoms with Crippen LogP contribution in [0.4, 0.5) is 18.9 Å². The average molecular weight is 427 g/mol. The number of piperazine rings is 1. The lowest BCUT2D eigenvalue weighted by molar-refractivity contribution is -0.138. The minimum atomic E-state index is -4.37. The molecule has 1 aliphatic rings. The van der Waals surface area contributed by atoms with E-state index in [1.165, 1.54) is 6.07 Å². The van der Waals surface area contributed by atoms with Crippen LogP contribution in [0.25, 0.3) is 0 Å². The topological polar surface area (TPSA) is 32.8 Å². The van der Waals surface area contributed by atoms with Crippen LogP contribution in [0, 0.1) is 6.92 Å². The van der Waals surface area contributed by atoms with Gasteiger partial charge in [-0.1, -0.05) is 17.7 Å². The van der Waals surface area contributed by atoms with Gasteiger partial charge in [0.1, 0.15) is 5.75 Å². The Balaban J connectivity index is 1.59. The van der Waals surface area contributed by atoms with Crippen LogP contribution in [0.15, 0.2) is 42.5 Å². The summed E-state index contributed by atoms with van der Waals surface area (Å²) in [7, 11) is 0. The summed E-state index contributed by atoms with van der Waals surface area (Å²) in [4.78, 5) is 16.3. The number of carbonyl (C=O) groups excluding carboxylic acids is 1. The van der Waals surface area contributed by atoms with Gasteiger partial charge in [-0.2, -0.15) is 13.2 Å². The number of alkyl halides is 3. The fraction of sp³-hybridized carbons (Fsp3) is 0.381. The second kappa shape index (κ2) is 8.53. The molecule has 1 saturated heterocycles. The van der Waals surface area contributed by atoms with E-state index in [0.29, 0.717) is 42.6 Å². The van der Waals surface area contributed by atoms with Crippen molar-refractivity contribution < 1.29 is 22.7 Å². The van der Waals surface area contributed by atoms with Gasteiger partial charge in [-0.3, -0.25) is 4.79 Å². The molecular formula is C21H22ClF3N2O2. The molecule has 4 nitrogen and oxygen atoms in total. The third kappa shape index (κ3) is 5.15. The minimum Gasteiger partial charge on any atom is -0.481 e. The smallest absolute Gasteiger partial charge is 0.416 e. The average Bonchev–Trinajstić information content (AvgIpc) is 2.69. The molecule has 156 valence electrons. The predicted molar refractivity (Wildman–Crippen MR) is 107 cm³/mol. The molecule has 0 bridgehead atoms. The Labute approximate surface area is 172 Å². The van der Waals surface area contributed by atoms with E-state index < -0.39 is 17.8 Å². The number of carbonyl (C=O) groups is 1. The maximum Gasteiger partial charge on any atom is 0.416 e. The largest absolute Gasteiger partial charge is 0.481 e. The van der Waals surface area contributed by atoms with Gasteiger partial charge in [0, 0.05) is 36.9 Å². The lowest BCUT2D eigenvalue weighted by Crippen LogP contribution is -2.52. The van der Waals surface area contributed by atoms with Gasteiger partial charge in [0.05, 0.1) is 5.56 Å². The summed E-state index contributed by atoms with van der Waals surface area (Å²) < 4.78 is 44.6. The highest BCUT2D eigenvalue weighted by molar-refractivity contribution is 6.30. The van der Waals surface area contributed by atoms with E-state index in [-0.39, 0.29) is 5.91 Å². The number of halogens is 4. The Morgan fingerprint density at radius 3 is 2.41 bits per heavy atom. The molecule has 2 aromatic rings. The summed E-state index contributed by atoms with van der Waals surface area (Å²) >= 11 is 5.94. The van der Waals surface area contributed by atoms with Gasteiger partial charge >= 0.3 is 6.18 Å². The number of anilines is 1. The first kappa shape index (κ1) is 21.3. The number of hydrogen-bond acceptors (Lipinski definition) is 3. The first-order chi connectivity index (χ1) is 13.6. The van der Waals surface area contributed by atoms with Crippen molar-refractivity contribution in [3.8, 4) is 5.75 Å². The zero-order chi connectivity index (χ0) is 21.2. The fourth-order valence-corrected chi connectivity index (χ4v) is 3.53. The summed E-state index contributed by atoms with van der Waals surface area (Å²) in [6, 6.07) is 10.5. The van der Waals surface area contributed by atoms with Gasteiger partial charge in [-0.25, -0.2) is 0 Å². The SMILES string of the molecule is Cc1cc(Cl)ccc1O[C@H](C)C(=O)N1CCN(c2cccc(C(F)(F)F)c2)CC1. The molecule has 1 fully saturated rings. The maximum absolute atomic E-state index is 12.9. The first-order valence-electron chi connectivity index (χ1n) is 9.29. The van der Waals surface area contributed by atoms with Gasteiger partial charge in [0.25, 0.3) is 5.91 Å². The molecule has 8 heteroatoms. The lowest BCUT2D eigenvalue weighted by atomic mass is 10.1. The molecule has 0 aliphatic carbocycles. The summed E-state index contributed by atoms with van der Waals surface area (Å²) in [5.74, 6) is 0.445. The highest BCUT2D eigenvalue weighted by Crippen LogP contribution is 2.32. The Morgan fingerprint density at radius 2 is 1.79 bits per heavy atom. The van der Waals surface area contributed by atoms with Crippen molar-refractivity contribution in [2.24, 2.45) is 0 Å². The number of benzene rings is 2. The summed E-state index contributed by atoms with van der Waals surface area (Å²) in [5.41, 5.74) is 0.674. The van der Waals surface area contributed by atoms with Crippen molar-refractivity contribution in [2.45, 2.75) is 26.1 Å². The maximum atomic E-state index is 12.9. The standard InChI is InChI=1S/C21H22ClF3N2O2/c1-14-12-17(22)6-7-19(14)29-15(2)20(28)27-10-8-26(9-11-27)18-5-3-4-16(13-18)21(23,24)25/h3-7,12-13,15H,8-11H2,1-2H3/t15-/m1/s1. The second-order valence-corrected chi connectivity index (χ2v) is 7.47. The third-order valence-electron chi connectivity index (χ3n) is 4.92. The zero-order valence-electron chi connectivity index (χ0n) is 16.2. The first-order valence-corrected chi connectivity index (χ1v) is 9.67. The van der Waals surface area contributed by atoms with Crippen LogP contribution in [-0.4, -0.2) is 43.1 Å². The Bertz CT molecular complexity index is 880.